The predicted molar refractivity (Wildman–Crippen MR) is 162 cm³/mol. The molecule has 0 amide bonds. The number of fused-ring (bicyclic) bond motifs is 2. The second kappa shape index (κ2) is 15.7. The molecule has 1 fully saturated rings. The third kappa shape index (κ3) is 10.1. The fraction of sp³-hybridized carbons (Fsp3) is 0.500. The quantitative estimate of drug-likeness (QED) is 0.313. The number of hydrogen-bond acceptors (Lipinski definition) is 8. The van der Waals surface area contributed by atoms with E-state index < -0.39 is 30.2 Å². The van der Waals surface area contributed by atoms with E-state index in [-0.39, 0.29) is 30.3 Å². The highest BCUT2D eigenvalue weighted by Crippen LogP contribution is 2.30. The van der Waals surface area contributed by atoms with Crippen molar-refractivity contribution in [2.24, 2.45) is 17.8 Å². The van der Waals surface area contributed by atoms with Gasteiger partial charge >= 0.3 is 11.9 Å². The number of aromatic nitrogens is 1. The third-order valence-electron chi connectivity index (χ3n) is 7.92. The van der Waals surface area contributed by atoms with Gasteiger partial charge in [0.2, 0.25) is 0 Å². The van der Waals surface area contributed by atoms with Crippen LogP contribution in [0.2, 0.25) is 0 Å². The molecule has 8 nitrogen and oxygen atoms in total. The summed E-state index contributed by atoms with van der Waals surface area (Å²) in [7, 11) is 0. The normalized spacial score (nSPS) is 31.0. The lowest BCUT2D eigenvalue weighted by atomic mass is 9.86. The molecule has 0 spiro atoms. The van der Waals surface area contributed by atoms with Crippen LogP contribution < -0.4 is 0 Å². The van der Waals surface area contributed by atoms with Gasteiger partial charge in [0.15, 0.2) is 5.89 Å². The van der Waals surface area contributed by atoms with Crippen LogP contribution >= 0.6 is 0 Å². The Bertz CT molecular complexity index is 1260. The molecule has 2 bridgehead atoms. The van der Waals surface area contributed by atoms with Gasteiger partial charge in [-0.05, 0) is 62.3 Å². The molecule has 2 aliphatic heterocycles. The number of oxazole rings is 1. The Kier molecular flexibility index (Phi) is 12.3. The fourth-order valence-corrected chi connectivity index (χ4v) is 5.15. The lowest BCUT2D eigenvalue weighted by molar-refractivity contribution is -0.158. The zero-order valence-corrected chi connectivity index (χ0v) is 25.5. The number of carbonyl (C=O) groups is 2. The number of aliphatic hydroxyl groups excluding tert-OH is 2. The van der Waals surface area contributed by atoms with Gasteiger partial charge in [0.05, 0.1) is 12.2 Å². The minimum Gasteiger partial charge on any atom is -0.462 e. The number of allylic oxidation sites excluding steroid dienone is 7. The highest BCUT2D eigenvalue weighted by molar-refractivity contribution is 5.82. The number of esters is 2. The molecule has 0 aromatic carbocycles. The summed E-state index contributed by atoms with van der Waals surface area (Å²) in [5, 5.41) is 22.1. The van der Waals surface area contributed by atoms with Gasteiger partial charge in [0, 0.05) is 37.7 Å². The minimum absolute atomic E-state index is 0.0114. The summed E-state index contributed by atoms with van der Waals surface area (Å²) < 4.78 is 16.6. The largest absolute Gasteiger partial charge is 0.462 e. The first kappa shape index (κ1) is 33.0. The molecule has 0 aliphatic carbocycles. The smallest absolute Gasteiger partial charge is 0.330 e. The summed E-state index contributed by atoms with van der Waals surface area (Å²) >= 11 is 0. The van der Waals surface area contributed by atoms with Gasteiger partial charge in [-0.25, -0.2) is 9.78 Å². The zero-order valence-electron chi connectivity index (χ0n) is 25.5. The average molecular weight is 580 g/mol. The Morgan fingerprint density at radius 3 is 2.64 bits per heavy atom. The second-order valence-electron chi connectivity index (χ2n) is 11.6. The monoisotopic (exact) mass is 579 g/mol. The molecule has 2 aliphatic rings. The van der Waals surface area contributed by atoms with Crippen molar-refractivity contribution in [1.29, 1.82) is 0 Å². The van der Waals surface area contributed by atoms with Gasteiger partial charge in [0.25, 0.3) is 0 Å². The van der Waals surface area contributed by atoms with E-state index in [1.165, 1.54) is 6.08 Å². The van der Waals surface area contributed by atoms with Crippen molar-refractivity contribution < 1.29 is 33.7 Å². The molecule has 1 aromatic rings. The van der Waals surface area contributed by atoms with E-state index in [0.717, 1.165) is 11.3 Å². The molecule has 2 N–H and O–H groups in total. The lowest BCUT2D eigenvalue weighted by Gasteiger charge is -2.31. The van der Waals surface area contributed by atoms with Gasteiger partial charge in [-0.1, -0.05) is 56.4 Å². The second-order valence-corrected chi connectivity index (χ2v) is 11.6. The number of cyclic esters (lactones) is 1. The van der Waals surface area contributed by atoms with Crippen LogP contribution in [0, 0.1) is 24.7 Å². The molecule has 3 heterocycles. The summed E-state index contributed by atoms with van der Waals surface area (Å²) in [6, 6.07) is 0. The topological polar surface area (TPSA) is 119 Å². The van der Waals surface area contributed by atoms with E-state index in [4.69, 9.17) is 13.9 Å². The van der Waals surface area contributed by atoms with E-state index in [2.05, 4.69) is 4.98 Å². The highest BCUT2D eigenvalue weighted by Gasteiger charge is 2.32. The maximum Gasteiger partial charge on any atom is 0.330 e. The molecule has 0 radical (unpaired) electrons. The van der Waals surface area contributed by atoms with Gasteiger partial charge in [-0.2, -0.15) is 0 Å². The van der Waals surface area contributed by atoms with E-state index in [1.54, 1.807) is 19.3 Å². The standard InChI is InChI=1S/C34H45NO7/c1-21(16-28-20-40-26(6)35-28)10-7-13-24(4)34(39)25(5)31-19-29(36)22(2)11-8-12-23(3)30-17-27(18-33(38)41-30)14-9-15-32(37)42-31/h7-13,15-16,20,23,25,27,29-31,34,36,39H,14,17-19H2,1-6H3/b10-7+,12-8-,15-9+,21-16+,22-11+,24-13-. The minimum atomic E-state index is -0.910. The summed E-state index contributed by atoms with van der Waals surface area (Å²) in [5.41, 5.74) is 3.09. The van der Waals surface area contributed by atoms with Gasteiger partial charge in [-0.3, -0.25) is 4.79 Å². The molecule has 7 atom stereocenters. The number of aryl methyl sites for hydroxylation is 1. The molecule has 1 saturated heterocycles. The number of aliphatic hydroxyl groups is 2. The van der Waals surface area contributed by atoms with Crippen molar-refractivity contribution in [3.8, 4) is 0 Å². The van der Waals surface area contributed by atoms with Gasteiger partial charge in [-0.15, -0.1) is 0 Å². The average Bonchev–Trinajstić information content (AvgIpc) is 3.34. The molecule has 3 rings (SSSR count). The van der Waals surface area contributed by atoms with Crippen molar-refractivity contribution in [2.75, 3.05) is 0 Å². The molecule has 1 aromatic heterocycles. The Hall–Kier alpha value is -3.49. The van der Waals surface area contributed by atoms with E-state index >= 15 is 0 Å². The third-order valence-corrected chi connectivity index (χ3v) is 7.92. The van der Waals surface area contributed by atoms with Crippen LogP contribution in [-0.2, 0) is 19.1 Å². The summed E-state index contributed by atoms with van der Waals surface area (Å²) in [6.07, 6.45) is 16.8. The molecule has 228 valence electrons. The van der Waals surface area contributed by atoms with Crippen LogP contribution in [0.25, 0.3) is 6.08 Å². The summed E-state index contributed by atoms with van der Waals surface area (Å²) in [4.78, 5) is 29.3. The van der Waals surface area contributed by atoms with Gasteiger partial charge in [0.1, 0.15) is 24.2 Å². The number of nitrogens with zero attached hydrogens (tertiary/aromatic N) is 1. The first-order valence-corrected chi connectivity index (χ1v) is 14.7. The first-order chi connectivity index (χ1) is 19.9. The van der Waals surface area contributed by atoms with E-state index in [9.17, 15) is 19.8 Å². The van der Waals surface area contributed by atoms with E-state index in [0.29, 0.717) is 36.3 Å². The summed E-state index contributed by atoms with van der Waals surface area (Å²) in [6.45, 7) is 11.2. The number of carbonyl (C=O) groups excluding carboxylic acids is 2. The number of hydrogen-bond donors (Lipinski definition) is 2. The Balaban J connectivity index is 1.76. The van der Waals surface area contributed by atoms with Crippen LogP contribution in [0.15, 0.2) is 76.0 Å². The Morgan fingerprint density at radius 1 is 1.17 bits per heavy atom. The van der Waals surface area contributed by atoms with Crippen LogP contribution in [0.1, 0.15) is 71.9 Å². The van der Waals surface area contributed by atoms with Crippen molar-refractivity contribution in [3.05, 3.63) is 83.2 Å². The van der Waals surface area contributed by atoms with Crippen LogP contribution in [0.3, 0.4) is 0 Å². The van der Waals surface area contributed by atoms with Crippen molar-refractivity contribution >= 4 is 18.0 Å². The lowest BCUT2D eigenvalue weighted by Crippen LogP contribution is -2.36. The Labute approximate surface area is 249 Å². The maximum absolute atomic E-state index is 12.8. The van der Waals surface area contributed by atoms with Crippen molar-refractivity contribution in [2.45, 2.75) is 91.6 Å². The van der Waals surface area contributed by atoms with Crippen LogP contribution in [0.4, 0.5) is 0 Å². The predicted octanol–water partition coefficient (Wildman–Crippen LogP) is 5.97. The molecule has 0 saturated carbocycles. The molecule has 8 heteroatoms. The maximum atomic E-state index is 12.8. The molecular weight excluding hydrogens is 534 g/mol. The highest BCUT2D eigenvalue weighted by atomic mass is 16.5. The zero-order chi connectivity index (χ0) is 30.8. The fourth-order valence-electron chi connectivity index (χ4n) is 5.15. The summed E-state index contributed by atoms with van der Waals surface area (Å²) in [5.74, 6) is -0.577. The van der Waals surface area contributed by atoms with Crippen molar-refractivity contribution in [1.82, 2.24) is 4.98 Å². The number of rotatable bonds is 6. The SMILES string of the molecule is C/C(=C/C=C/C(C)=C/c1coc(C)n1)C(O)C(C)C1CC(O)/C(C)=C/C=C\C(C)C2CC(C/C=C/C(=O)O1)CC(=O)O2. The van der Waals surface area contributed by atoms with Crippen LogP contribution in [-0.4, -0.2) is 51.6 Å². The Morgan fingerprint density at radius 2 is 1.93 bits per heavy atom. The number of ether oxygens (including phenoxy) is 2. The molecule has 7 unspecified atom stereocenters. The van der Waals surface area contributed by atoms with Gasteiger partial charge < -0.3 is 24.1 Å². The van der Waals surface area contributed by atoms with Crippen LogP contribution in [0.5, 0.6) is 0 Å². The van der Waals surface area contributed by atoms with Crippen molar-refractivity contribution in [3.63, 3.8) is 0 Å². The molecular formula is C34H45NO7. The first-order valence-electron chi connectivity index (χ1n) is 14.7. The van der Waals surface area contributed by atoms with E-state index in [1.807, 2.05) is 77.2 Å². The molecule has 42 heavy (non-hydrogen) atoms.